The number of methoxy groups -OCH3 is 1. The van der Waals surface area contributed by atoms with Crippen molar-refractivity contribution < 1.29 is 19.1 Å². The van der Waals surface area contributed by atoms with Gasteiger partial charge in [0.15, 0.2) is 0 Å². The molecule has 0 aromatic heterocycles. The molecule has 9 heteroatoms. The fourth-order valence-electron chi connectivity index (χ4n) is 3.74. The number of amides is 3. The molecule has 0 spiro atoms. The van der Waals surface area contributed by atoms with E-state index in [1.165, 1.54) is 17.8 Å². The number of carbonyl (C=O) groups excluding carboxylic acids is 3. The summed E-state index contributed by atoms with van der Waals surface area (Å²) in [7, 11) is 1.57. The van der Waals surface area contributed by atoms with Gasteiger partial charge in [0.05, 0.1) is 12.4 Å². The van der Waals surface area contributed by atoms with Gasteiger partial charge in [-0.05, 0) is 67.1 Å². The Kier molecular flexibility index (Phi) is 10.2. The predicted octanol–water partition coefficient (Wildman–Crippen LogP) is 6.88. The molecule has 0 fully saturated rings. The van der Waals surface area contributed by atoms with Crippen LogP contribution >= 0.6 is 23.4 Å². The van der Waals surface area contributed by atoms with E-state index in [9.17, 15) is 14.4 Å². The number of carbonyl (C=O) groups is 3. The van der Waals surface area contributed by atoms with Crippen LogP contribution in [0.3, 0.4) is 0 Å². The van der Waals surface area contributed by atoms with Crippen LogP contribution in [0.15, 0.2) is 114 Å². The van der Waals surface area contributed by atoms with Crippen molar-refractivity contribution in [1.29, 1.82) is 0 Å². The van der Waals surface area contributed by atoms with E-state index in [-0.39, 0.29) is 11.6 Å². The van der Waals surface area contributed by atoms with Crippen LogP contribution in [-0.2, 0) is 9.59 Å². The van der Waals surface area contributed by atoms with Crippen LogP contribution in [0, 0.1) is 0 Å². The minimum Gasteiger partial charge on any atom is -0.497 e. The van der Waals surface area contributed by atoms with Crippen molar-refractivity contribution in [2.45, 2.75) is 17.1 Å². The Morgan fingerprint density at radius 1 is 0.829 bits per heavy atom. The van der Waals surface area contributed by atoms with Crippen LogP contribution < -0.4 is 20.7 Å². The van der Waals surface area contributed by atoms with Crippen LogP contribution in [0.1, 0.15) is 22.8 Å². The molecular weight excluding hydrogens is 558 g/mol. The first-order valence-electron chi connectivity index (χ1n) is 12.7. The van der Waals surface area contributed by atoms with Crippen LogP contribution in [0.5, 0.6) is 5.75 Å². The summed E-state index contributed by atoms with van der Waals surface area (Å²) in [6.07, 6.45) is 1.53. The molecule has 0 bridgehead atoms. The third kappa shape index (κ3) is 8.48. The average Bonchev–Trinajstić information content (AvgIpc) is 2.98. The zero-order valence-corrected chi connectivity index (χ0v) is 24.0. The van der Waals surface area contributed by atoms with E-state index < -0.39 is 17.1 Å². The number of hydrogen-bond donors (Lipinski definition) is 3. The highest BCUT2D eigenvalue weighted by molar-refractivity contribution is 8.00. The van der Waals surface area contributed by atoms with Crippen molar-refractivity contribution in [2.75, 3.05) is 17.7 Å². The second-order valence-corrected chi connectivity index (χ2v) is 10.7. The fraction of sp³-hybridized carbons (Fsp3) is 0.0938. The van der Waals surface area contributed by atoms with Crippen LogP contribution in [-0.4, -0.2) is 30.1 Å². The second kappa shape index (κ2) is 14.2. The summed E-state index contributed by atoms with van der Waals surface area (Å²) in [5.74, 6) is -0.486. The summed E-state index contributed by atoms with van der Waals surface area (Å²) in [6, 6.07) is 29.9. The number of anilines is 2. The Morgan fingerprint density at radius 2 is 1.51 bits per heavy atom. The van der Waals surface area contributed by atoms with E-state index in [1.807, 2.05) is 6.07 Å². The zero-order valence-electron chi connectivity index (χ0n) is 22.4. The lowest BCUT2D eigenvalue weighted by Gasteiger charge is -2.14. The molecule has 0 saturated heterocycles. The van der Waals surface area contributed by atoms with E-state index in [0.717, 1.165) is 4.90 Å². The topological polar surface area (TPSA) is 96.5 Å². The predicted molar refractivity (Wildman–Crippen MR) is 165 cm³/mol. The normalized spacial score (nSPS) is 11.7. The van der Waals surface area contributed by atoms with E-state index in [1.54, 1.807) is 111 Å². The standard InChI is InChI=1S/C32H28ClN3O4S/c1-21(30(37)34-24-13-8-15-26(19-24)40-2)41-27-16-9-14-25(20-27)35-32(39)29(18-23-12-6-7-17-28(23)33)36-31(38)22-10-4-3-5-11-22/h3-21H,1-2H3,(H,34,37)(H,35,39)(H,36,38)/b29-18+. The molecule has 0 radical (unpaired) electrons. The van der Waals surface area contributed by atoms with Gasteiger partial charge in [-0.3, -0.25) is 14.4 Å². The lowest BCUT2D eigenvalue weighted by molar-refractivity contribution is -0.115. The van der Waals surface area contributed by atoms with Gasteiger partial charge in [-0.25, -0.2) is 0 Å². The SMILES string of the molecule is COc1cccc(NC(=O)C(C)Sc2cccc(NC(=O)/C(=C\c3ccccc3Cl)NC(=O)c3ccccc3)c2)c1. The monoisotopic (exact) mass is 585 g/mol. The molecule has 208 valence electrons. The molecule has 4 aromatic rings. The Bertz CT molecular complexity index is 1580. The molecule has 4 aromatic carbocycles. The van der Waals surface area contributed by atoms with Gasteiger partial charge < -0.3 is 20.7 Å². The van der Waals surface area contributed by atoms with Crippen molar-refractivity contribution in [1.82, 2.24) is 5.32 Å². The Morgan fingerprint density at radius 3 is 2.24 bits per heavy atom. The largest absolute Gasteiger partial charge is 0.497 e. The summed E-state index contributed by atoms with van der Waals surface area (Å²) in [6.45, 7) is 1.80. The maximum Gasteiger partial charge on any atom is 0.272 e. The van der Waals surface area contributed by atoms with Gasteiger partial charge in [0, 0.05) is 32.9 Å². The minimum absolute atomic E-state index is 0.0241. The molecule has 0 aliphatic rings. The summed E-state index contributed by atoms with van der Waals surface area (Å²) in [5, 5.41) is 8.45. The number of hydrogen-bond acceptors (Lipinski definition) is 5. The number of halogens is 1. The summed E-state index contributed by atoms with van der Waals surface area (Å²) in [5.41, 5.74) is 2.14. The van der Waals surface area contributed by atoms with E-state index >= 15 is 0 Å². The number of thioether (sulfide) groups is 1. The van der Waals surface area contributed by atoms with Gasteiger partial charge in [0.25, 0.3) is 11.8 Å². The Balaban J connectivity index is 1.48. The maximum absolute atomic E-state index is 13.4. The van der Waals surface area contributed by atoms with Crippen LogP contribution in [0.2, 0.25) is 5.02 Å². The molecule has 0 heterocycles. The first kappa shape index (κ1) is 29.5. The van der Waals surface area contributed by atoms with Gasteiger partial charge in [-0.15, -0.1) is 11.8 Å². The maximum atomic E-state index is 13.4. The lowest BCUT2D eigenvalue weighted by Crippen LogP contribution is -2.30. The van der Waals surface area contributed by atoms with E-state index in [0.29, 0.717) is 33.3 Å². The Hall–Kier alpha value is -4.53. The highest BCUT2D eigenvalue weighted by Crippen LogP contribution is 2.27. The number of rotatable bonds is 10. The average molecular weight is 586 g/mol. The molecule has 7 nitrogen and oxygen atoms in total. The molecular formula is C32H28ClN3O4S. The third-order valence-electron chi connectivity index (χ3n) is 5.85. The third-order valence-corrected chi connectivity index (χ3v) is 7.28. The zero-order chi connectivity index (χ0) is 29.2. The Labute approximate surface area is 248 Å². The summed E-state index contributed by atoms with van der Waals surface area (Å²) in [4.78, 5) is 39.8. The summed E-state index contributed by atoms with van der Waals surface area (Å²) >= 11 is 7.66. The summed E-state index contributed by atoms with van der Waals surface area (Å²) < 4.78 is 5.21. The quantitative estimate of drug-likeness (QED) is 0.139. The molecule has 1 unspecified atom stereocenters. The first-order chi connectivity index (χ1) is 19.8. The fourth-order valence-corrected chi connectivity index (χ4v) is 4.85. The molecule has 1 atom stereocenters. The molecule has 0 saturated carbocycles. The first-order valence-corrected chi connectivity index (χ1v) is 13.9. The lowest BCUT2D eigenvalue weighted by atomic mass is 10.1. The van der Waals surface area contributed by atoms with E-state index in [2.05, 4.69) is 16.0 Å². The number of benzene rings is 4. The van der Waals surface area contributed by atoms with Gasteiger partial charge in [0.2, 0.25) is 5.91 Å². The van der Waals surface area contributed by atoms with Crippen molar-refractivity contribution in [3.05, 3.63) is 125 Å². The van der Waals surface area contributed by atoms with E-state index in [4.69, 9.17) is 16.3 Å². The second-order valence-electron chi connectivity index (χ2n) is 8.86. The smallest absolute Gasteiger partial charge is 0.272 e. The van der Waals surface area contributed by atoms with Crippen molar-refractivity contribution in [3.63, 3.8) is 0 Å². The molecule has 0 aliphatic heterocycles. The number of ether oxygens (including phenoxy) is 1. The van der Waals surface area contributed by atoms with Crippen molar-refractivity contribution in [3.8, 4) is 5.75 Å². The van der Waals surface area contributed by atoms with Gasteiger partial charge in [-0.1, -0.05) is 60.1 Å². The van der Waals surface area contributed by atoms with Crippen LogP contribution in [0.4, 0.5) is 11.4 Å². The molecule has 41 heavy (non-hydrogen) atoms. The minimum atomic E-state index is -0.528. The molecule has 4 rings (SSSR count). The highest BCUT2D eigenvalue weighted by Gasteiger charge is 2.18. The van der Waals surface area contributed by atoms with Crippen molar-refractivity contribution >= 4 is 58.5 Å². The van der Waals surface area contributed by atoms with Gasteiger partial charge in [-0.2, -0.15) is 0 Å². The molecule has 0 aliphatic carbocycles. The number of nitrogens with one attached hydrogen (secondary N) is 3. The van der Waals surface area contributed by atoms with Crippen LogP contribution in [0.25, 0.3) is 6.08 Å². The highest BCUT2D eigenvalue weighted by atomic mass is 35.5. The van der Waals surface area contributed by atoms with Gasteiger partial charge in [0.1, 0.15) is 11.4 Å². The molecule has 3 N–H and O–H groups in total. The molecule has 3 amide bonds. The van der Waals surface area contributed by atoms with Crippen molar-refractivity contribution in [2.24, 2.45) is 0 Å². The van der Waals surface area contributed by atoms with Gasteiger partial charge >= 0.3 is 0 Å².